The minimum absolute atomic E-state index is 0.106. The van der Waals surface area contributed by atoms with Gasteiger partial charge < -0.3 is 19.7 Å². The van der Waals surface area contributed by atoms with Crippen LogP contribution in [0.4, 0.5) is 5.82 Å². The molecular formula is C17H19ClN4O3. The van der Waals surface area contributed by atoms with Crippen molar-refractivity contribution >= 4 is 23.3 Å². The van der Waals surface area contributed by atoms with E-state index in [0.717, 1.165) is 24.6 Å². The van der Waals surface area contributed by atoms with Crippen molar-refractivity contribution in [3.8, 4) is 5.75 Å². The first-order valence-electron chi connectivity index (χ1n) is 8.00. The predicted octanol–water partition coefficient (Wildman–Crippen LogP) is 1.66. The summed E-state index contributed by atoms with van der Waals surface area (Å²) in [6, 6.07) is 8.90. The molecule has 0 atom stereocenters. The second-order valence-electron chi connectivity index (χ2n) is 5.46. The Hall–Kier alpha value is -2.38. The van der Waals surface area contributed by atoms with Crippen molar-refractivity contribution in [2.45, 2.75) is 6.54 Å². The van der Waals surface area contributed by atoms with Gasteiger partial charge in [0, 0.05) is 19.2 Å². The second-order valence-corrected chi connectivity index (χ2v) is 5.87. The smallest absolute Gasteiger partial charge is 0.258 e. The van der Waals surface area contributed by atoms with Crippen LogP contribution in [-0.2, 0) is 16.1 Å². The van der Waals surface area contributed by atoms with E-state index in [1.807, 2.05) is 6.07 Å². The molecule has 7 nitrogen and oxygen atoms in total. The van der Waals surface area contributed by atoms with E-state index in [2.05, 4.69) is 20.2 Å². The van der Waals surface area contributed by atoms with Crippen LogP contribution in [0.2, 0.25) is 5.02 Å². The quantitative estimate of drug-likeness (QED) is 0.842. The van der Waals surface area contributed by atoms with Gasteiger partial charge in [0.25, 0.3) is 5.91 Å². The third-order valence-corrected chi connectivity index (χ3v) is 4.02. The number of benzene rings is 1. The summed E-state index contributed by atoms with van der Waals surface area (Å²) >= 11 is 5.98. The van der Waals surface area contributed by atoms with Crippen LogP contribution in [0.15, 0.2) is 36.7 Å². The number of amides is 1. The lowest BCUT2D eigenvalue weighted by atomic mass is 10.3. The van der Waals surface area contributed by atoms with E-state index in [1.165, 1.54) is 6.33 Å². The molecule has 8 heteroatoms. The number of nitrogens with one attached hydrogen (secondary N) is 1. The van der Waals surface area contributed by atoms with E-state index < -0.39 is 0 Å². The van der Waals surface area contributed by atoms with Gasteiger partial charge in [0.05, 0.1) is 30.5 Å². The minimum atomic E-state index is -0.244. The van der Waals surface area contributed by atoms with Crippen molar-refractivity contribution in [2.75, 3.05) is 37.8 Å². The van der Waals surface area contributed by atoms with Crippen LogP contribution >= 0.6 is 11.6 Å². The number of hydrogen-bond donors (Lipinski definition) is 1. The molecule has 3 rings (SSSR count). The van der Waals surface area contributed by atoms with E-state index in [4.69, 9.17) is 21.1 Å². The first-order chi connectivity index (χ1) is 12.2. The van der Waals surface area contributed by atoms with Crippen LogP contribution in [0.3, 0.4) is 0 Å². The topological polar surface area (TPSA) is 76.6 Å². The first kappa shape index (κ1) is 17.4. The highest BCUT2D eigenvalue weighted by Crippen LogP contribution is 2.22. The molecule has 1 N–H and O–H groups in total. The van der Waals surface area contributed by atoms with Crippen LogP contribution in [0, 0.1) is 0 Å². The normalized spacial score (nSPS) is 14.2. The van der Waals surface area contributed by atoms with E-state index in [0.29, 0.717) is 30.5 Å². The van der Waals surface area contributed by atoms with Crippen molar-refractivity contribution in [1.82, 2.24) is 15.3 Å². The summed E-state index contributed by atoms with van der Waals surface area (Å²) in [4.78, 5) is 22.5. The molecule has 132 valence electrons. The van der Waals surface area contributed by atoms with Crippen molar-refractivity contribution in [2.24, 2.45) is 0 Å². The fourth-order valence-corrected chi connectivity index (χ4v) is 2.58. The van der Waals surface area contributed by atoms with E-state index in [9.17, 15) is 4.79 Å². The average molecular weight is 363 g/mol. The summed E-state index contributed by atoms with van der Waals surface area (Å²) in [6.07, 6.45) is 1.51. The standard InChI is InChI=1S/C17H19ClN4O3/c18-14-3-1-2-4-15(14)25-11-17(23)19-10-13-9-16(21-12-20-13)22-5-7-24-8-6-22/h1-4,9,12H,5-8,10-11H2,(H,19,23). The molecule has 0 saturated carbocycles. The molecular weight excluding hydrogens is 344 g/mol. The van der Waals surface area contributed by atoms with Gasteiger partial charge in [-0.15, -0.1) is 0 Å². The summed E-state index contributed by atoms with van der Waals surface area (Å²) in [7, 11) is 0. The van der Waals surface area contributed by atoms with Gasteiger partial charge in [-0.3, -0.25) is 4.79 Å². The van der Waals surface area contributed by atoms with Crippen LogP contribution in [0.1, 0.15) is 5.69 Å². The lowest BCUT2D eigenvalue weighted by molar-refractivity contribution is -0.123. The van der Waals surface area contributed by atoms with Gasteiger partial charge in [-0.05, 0) is 12.1 Å². The molecule has 0 spiro atoms. The Balaban J connectivity index is 1.49. The summed E-state index contributed by atoms with van der Waals surface area (Å²) in [5.41, 5.74) is 0.739. The number of aromatic nitrogens is 2. The molecule has 0 radical (unpaired) electrons. The fourth-order valence-electron chi connectivity index (χ4n) is 2.39. The number of morpholine rings is 1. The Morgan fingerprint density at radius 1 is 1.28 bits per heavy atom. The highest BCUT2D eigenvalue weighted by Gasteiger charge is 2.13. The van der Waals surface area contributed by atoms with E-state index >= 15 is 0 Å². The Morgan fingerprint density at radius 2 is 2.08 bits per heavy atom. The van der Waals surface area contributed by atoms with Crippen LogP contribution in [0.25, 0.3) is 0 Å². The highest BCUT2D eigenvalue weighted by molar-refractivity contribution is 6.32. The molecule has 1 amide bonds. The maximum Gasteiger partial charge on any atom is 0.258 e. The predicted molar refractivity (Wildman–Crippen MR) is 93.9 cm³/mol. The Morgan fingerprint density at radius 3 is 2.88 bits per heavy atom. The van der Waals surface area contributed by atoms with Gasteiger partial charge in [-0.25, -0.2) is 9.97 Å². The summed E-state index contributed by atoms with van der Waals surface area (Å²) in [5.74, 6) is 1.08. The molecule has 0 aliphatic carbocycles. The number of rotatable bonds is 6. The average Bonchev–Trinajstić information content (AvgIpc) is 2.67. The zero-order valence-electron chi connectivity index (χ0n) is 13.7. The summed E-state index contributed by atoms with van der Waals surface area (Å²) < 4.78 is 10.7. The molecule has 0 bridgehead atoms. The maximum atomic E-state index is 11.9. The molecule has 1 aliphatic heterocycles. The van der Waals surface area contributed by atoms with Crippen molar-refractivity contribution in [1.29, 1.82) is 0 Å². The van der Waals surface area contributed by atoms with Crippen LogP contribution in [-0.4, -0.2) is 48.8 Å². The lowest BCUT2D eigenvalue weighted by Crippen LogP contribution is -2.37. The molecule has 0 unspecified atom stereocenters. The molecule has 1 aromatic heterocycles. The Kier molecular flexibility index (Phi) is 6.03. The van der Waals surface area contributed by atoms with Crippen molar-refractivity contribution in [3.63, 3.8) is 0 Å². The van der Waals surface area contributed by atoms with Gasteiger partial charge in [0.15, 0.2) is 6.61 Å². The van der Waals surface area contributed by atoms with Crippen molar-refractivity contribution < 1.29 is 14.3 Å². The number of ether oxygens (including phenoxy) is 2. The SMILES string of the molecule is O=C(COc1ccccc1Cl)NCc1cc(N2CCOCC2)ncn1. The number of halogens is 1. The second kappa shape index (κ2) is 8.64. The fraction of sp³-hybridized carbons (Fsp3) is 0.353. The number of nitrogens with zero attached hydrogens (tertiary/aromatic N) is 3. The summed E-state index contributed by atoms with van der Waals surface area (Å²) in [6.45, 7) is 3.18. The van der Waals surface area contributed by atoms with Crippen LogP contribution in [0.5, 0.6) is 5.75 Å². The van der Waals surface area contributed by atoms with Gasteiger partial charge >= 0.3 is 0 Å². The first-order valence-corrected chi connectivity index (χ1v) is 8.38. The lowest BCUT2D eigenvalue weighted by Gasteiger charge is -2.27. The molecule has 1 aromatic carbocycles. The van der Waals surface area contributed by atoms with Crippen molar-refractivity contribution in [3.05, 3.63) is 47.4 Å². The number of carbonyl (C=O) groups excluding carboxylic acids is 1. The van der Waals surface area contributed by atoms with Gasteiger partial charge in [-0.2, -0.15) is 0 Å². The Bertz CT molecular complexity index is 723. The van der Waals surface area contributed by atoms with Gasteiger partial charge in [0.2, 0.25) is 0 Å². The minimum Gasteiger partial charge on any atom is -0.482 e. The number of carbonyl (C=O) groups is 1. The molecule has 1 fully saturated rings. The molecule has 1 saturated heterocycles. The molecule has 2 aromatic rings. The molecule has 2 heterocycles. The van der Waals surface area contributed by atoms with Gasteiger partial charge in [0.1, 0.15) is 17.9 Å². The zero-order valence-corrected chi connectivity index (χ0v) is 14.4. The zero-order chi connectivity index (χ0) is 17.5. The van der Waals surface area contributed by atoms with Crippen LogP contribution < -0.4 is 15.0 Å². The Labute approximate surface area is 150 Å². The largest absolute Gasteiger partial charge is 0.482 e. The van der Waals surface area contributed by atoms with E-state index in [-0.39, 0.29) is 12.5 Å². The molecule has 1 aliphatic rings. The third-order valence-electron chi connectivity index (χ3n) is 3.71. The summed E-state index contributed by atoms with van der Waals surface area (Å²) in [5, 5.41) is 3.25. The number of hydrogen-bond acceptors (Lipinski definition) is 6. The van der Waals surface area contributed by atoms with Gasteiger partial charge in [-0.1, -0.05) is 23.7 Å². The van der Waals surface area contributed by atoms with E-state index in [1.54, 1.807) is 24.3 Å². The highest BCUT2D eigenvalue weighted by atomic mass is 35.5. The molecule has 25 heavy (non-hydrogen) atoms. The number of para-hydroxylation sites is 1. The monoisotopic (exact) mass is 362 g/mol. The maximum absolute atomic E-state index is 11.9. The third kappa shape index (κ3) is 5.04. The number of anilines is 1.